The van der Waals surface area contributed by atoms with Gasteiger partial charge in [0, 0.05) is 23.5 Å². The Bertz CT molecular complexity index is 376. The molecule has 1 aliphatic rings. The topological polar surface area (TPSA) is 29.3 Å². The van der Waals surface area contributed by atoms with E-state index >= 15 is 0 Å². The van der Waals surface area contributed by atoms with Crippen molar-refractivity contribution in [1.82, 2.24) is 4.90 Å². The maximum absolute atomic E-state index is 6.18. The molecule has 3 unspecified atom stereocenters. The lowest BCUT2D eigenvalue weighted by Gasteiger charge is -2.50. The standard InChI is InChI=1S/C16H28N2S/c1-13-6-8-16(12-17,14(2)11-13)18(3)9-7-15-5-4-10-19-15/h4-5,10,13-14H,6-9,11-12,17H2,1-3H3. The van der Waals surface area contributed by atoms with Crippen LogP contribution in [-0.4, -0.2) is 30.6 Å². The summed E-state index contributed by atoms with van der Waals surface area (Å²) >= 11 is 1.86. The summed E-state index contributed by atoms with van der Waals surface area (Å²) in [6, 6.07) is 4.38. The summed E-state index contributed by atoms with van der Waals surface area (Å²) in [7, 11) is 2.27. The highest BCUT2D eigenvalue weighted by atomic mass is 32.1. The van der Waals surface area contributed by atoms with Crippen LogP contribution in [0.1, 0.15) is 38.0 Å². The number of rotatable bonds is 5. The van der Waals surface area contributed by atoms with Crippen molar-refractivity contribution in [1.29, 1.82) is 0 Å². The highest BCUT2D eigenvalue weighted by Crippen LogP contribution is 2.39. The summed E-state index contributed by atoms with van der Waals surface area (Å²) in [6.45, 7) is 6.69. The van der Waals surface area contributed by atoms with E-state index in [1.807, 2.05) is 11.3 Å². The normalized spacial score (nSPS) is 31.8. The first-order valence-corrected chi connectivity index (χ1v) is 8.40. The van der Waals surface area contributed by atoms with E-state index < -0.39 is 0 Å². The first-order chi connectivity index (χ1) is 9.08. The molecule has 2 nitrogen and oxygen atoms in total. The van der Waals surface area contributed by atoms with Crippen LogP contribution in [0.3, 0.4) is 0 Å². The van der Waals surface area contributed by atoms with E-state index in [0.717, 1.165) is 25.4 Å². The highest BCUT2D eigenvalue weighted by Gasteiger charge is 2.41. The SMILES string of the molecule is CC1CCC(CN)(N(C)CCc2cccs2)C(C)C1. The summed E-state index contributed by atoms with van der Waals surface area (Å²) < 4.78 is 0. The Morgan fingerprint density at radius 1 is 1.47 bits per heavy atom. The Hall–Kier alpha value is -0.380. The van der Waals surface area contributed by atoms with Gasteiger partial charge in [0.1, 0.15) is 0 Å². The van der Waals surface area contributed by atoms with Crippen LogP contribution in [0.4, 0.5) is 0 Å². The molecule has 1 saturated carbocycles. The van der Waals surface area contributed by atoms with Crippen LogP contribution in [0.5, 0.6) is 0 Å². The quantitative estimate of drug-likeness (QED) is 0.896. The lowest BCUT2D eigenvalue weighted by atomic mass is 9.69. The highest BCUT2D eigenvalue weighted by molar-refractivity contribution is 7.09. The fourth-order valence-corrected chi connectivity index (χ4v) is 4.36. The Balaban J connectivity index is 1.99. The molecule has 1 aromatic heterocycles. The molecule has 3 heteroatoms. The molecule has 3 atom stereocenters. The number of hydrogen-bond acceptors (Lipinski definition) is 3. The molecule has 0 aromatic carbocycles. The van der Waals surface area contributed by atoms with E-state index in [1.54, 1.807) is 0 Å². The molecule has 0 saturated heterocycles. The number of likely N-dealkylation sites (N-methyl/N-ethyl adjacent to an activating group) is 1. The Labute approximate surface area is 122 Å². The molecule has 2 N–H and O–H groups in total. The van der Waals surface area contributed by atoms with Gasteiger partial charge in [0.25, 0.3) is 0 Å². The fraction of sp³-hybridized carbons (Fsp3) is 0.750. The zero-order valence-corrected chi connectivity index (χ0v) is 13.4. The zero-order chi connectivity index (χ0) is 13.9. The van der Waals surface area contributed by atoms with Gasteiger partial charge in [-0.25, -0.2) is 0 Å². The van der Waals surface area contributed by atoms with Gasteiger partial charge in [-0.3, -0.25) is 4.90 Å². The van der Waals surface area contributed by atoms with Gasteiger partial charge in [0.2, 0.25) is 0 Å². The van der Waals surface area contributed by atoms with Crippen LogP contribution < -0.4 is 5.73 Å². The third-order valence-corrected chi connectivity index (χ3v) is 6.07. The van der Waals surface area contributed by atoms with Crippen molar-refractivity contribution in [2.24, 2.45) is 17.6 Å². The molecule has 1 heterocycles. The fourth-order valence-electron chi connectivity index (χ4n) is 3.67. The second-order valence-electron chi connectivity index (χ2n) is 6.34. The van der Waals surface area contributed by atoms with Crippen molar-refractivity contribution in [3.05, 3.63) is 22.4 Å². The smallest absolute Gasteiger partial charge is 0.0354 e. The predicted molar refractivity (Wildman–Crippen MR) is 84.6 cm³/mol. The molecular weight excluding hydrogens is 252 g/mol. The molecule has 1 fully saturated rings. The Morgan fingerprint density at radius 3 is 2.84 bits per heavy atom. The molecule has 19 heavy (non-hydrogen) atoms. The van der Waals surface area contributed by atoms with Gasteiger partial charge in [-0.15, -0.1) is 11.3 Å². The third kappa shape index (κ3) is 3.21. The van der Waals surface area contributed by atoms with Crippen LogP contribution in [-0.2, 0) is 6.42 Å². The van der Waals surface area contributed by atoms with Crippen molar-refractivity contribution in [2.75, 3.05) is 20.1 Å². The number of nitrogens with zero attached hydrogens (tertiary/aromatic N) is 1. The second-order valence-corrected chi connectivity index (χ2v) is 7.37. The van der Waals surface area contributed by atoms with Crippen molar-refractivity contribution >= 4 is 11.3 Å². The lowest BCUT2D eigenvalue weighted by molar-refractivity contribution is 0.0192. The van der Waals surface area contributed by atoms with E-state index in [1.165, 1.54) is 24.1 Å². The number of hydrogen-bond donors (Lipinski definition) is 1. The number of thiophene rings is 1. The molecule has 2 rings (SSSR count). The maximum Gasteiger partial charge on any atom is 0.0354 e. The van der Waals surface area contributed by atoms with Gasteiger partial charge >= 0.3 is 0 Å². The third-order valence-electron chi connectivity index (χ3n) is 5.13. The molecule has 0 bridgehead atoms. The minimum Gasteiger partial charge on any atom is -0.329 e. The summed E-state index contributed by atoms with van der Waals surface area (Å²) in [5, 5.41) is 2.17. The molecule has 108 valence electrons. The Morgan fingerprint density at radius 2 is 2.26 bits per heavy atom. The predicted octanol–water partition coefficient (Wildman–Crippen LogP) is 3.38. The maximum atomic E-state index is 6.18. The largest absolute Gasteiger partial charge is 0.329 e. The zero-order valence-electron chi connectivity index (χ0n) is 12.6. The molecular formula is C16H28N2S. The summed E-state index contributed by atoms with van der Waals surface area (Å²) in [5.74, 6) is 1.56. The van der Waals surface area contributed by atoms with Gasteiger partial charge < -0.3 is 5.73 Å². The van der Waals surface area contributed by atoms with Gasteiger partial charge in [-0.05, 0) is 56.0 Å². The number of nitrogens with two attached hydrogens (primary N) is 1. The lowest BCUT2D eigenvalue weighted by Crippen LogP contribution is -2.59. The summed E-state index contributed by atoms with van der Waals surface area (Å²) in [4.78, 5) is 4.03. The van der Waals surface area contributed by atoms with Crippen LogP contribution in [0.15, 0.2) is 17.5 Å². The molecule has 0 aliphatic heterocycles. The van der Waals surface area contributed by atoms with E-state index in [2.05, 4.69) is 43.3 Å². The van der Waals surface area contributed by atoms with Gasteiger partial charge in [0.05, 0.1) is 0 Å². The van der Waals surface area contributed by atoms with E-state index in [0.29, 0.717) is 5.92 Å². The van der Waals surface area contributed by atoms with Crippen molar-refractivity contribution in [3.63, 3.8) is 0 Å². The van der Waals surface area contributed by atoms with Crippen LogP contribution >= 0.6 is 11.3 Å². The van der Waals surface area contributed by atoms with E-state index in [4.69, 9.17) is 5.73 Å². The minimum atomic E-state index is 0.226. The average molecular weight is 280 g/mol. The van der Waals surface area contributed by atoms with Gasteiger partial charge in [-0.1, -0.05) is 19.9 Å². The van der Waals surface area contributed by atoms with Crippen LogP contribution in [0, 0.1) is 11.8 Å². The summed E-state index contributed by atoms with van der Waals surface area (Å²) in [5.41, 5.74) is 6.41. The first-order valence-electron chi connectivity index (χ1n) is 7.52. The Kier molecular flexibility index (Phi) is 5.04. The first kappa shape index (κ1) is 15.0. The molecule has 0 radical (unpaired) electrons. The minimum absolute atomic E-state index is 0.226. The second kappa shape index (κ2) is 6.38. The molecule has 1 aliphatic carbocycles. The molecule has 0 spiro atoms. The molecule has 1 aromatic rings. The van der Waals surface area contributed by atoms with E-state index in [9.17, 15) is 0 Å². The van der Waals surface area contributed by atoms with Crippen LogP contribution in [0.25, 0.3) is 0 Å². The van der Waals surface area contributed by atoms with Crippen molar-refractivity contribution in [3.8, 4) is 0 Å². The van der Waals surface area contributed by atoms with E-state index in [-0.39, 0.29) is 5.54 Å². The average Bonchev–Trinajstić information content (AvgIpc) is 2.90. The summed E-state index contributed by atoms with van der Waals surface area (Å²) in [6.07, 6.45) is 5.05. The monoisotopic (exact) mass is 280 g/mol. The molecule has 0 amide bonds. The van der Waals surface area contributed by atoms with Crippen LogP contribution in [0.2, 0.25) is 0 Å². The van der Waals surface area contributed by atoms with Gasteiger partial charge in [-0.2, -0.15) is 0 Å². The van der Waals surface area contributed by atoms with Gasteiger partial charge in [0.15, 0.2) is 0 Å². The van der Waals surface area contributed by atoms with Crippen molar-refractivity contribution < 1.29 is 0 Å². The van der Waals surface area contributed by atoms with Crippen molar-refractivity contribution in [2.45, 2.75) is 45.1 Å².